The van der Waals surface area contributed by atoms with Gasteiger partial charge in [0.05, 0.1) is 7.11 Å². The Morgan fingerprint density at radius 2 is 1.81 bits per heavy atom. The van der Waals surface area contributed by atoms with Gasteiger partial charge in [0.1, 0.15) is 17.1 Å². The molecule has 1 fully saturated rings. The zero-order chi connectivity index (χ0) is 13.5. The maximum absolute atomic E-state index is 6.13. The molecule has 108 valence electrons. The first-order valence-corrected chi connectivity index (χ1v) is 7.02. The van der Waals surface area contributed by atoms with E-state index in [1.54, 1.807) is 7.11 Å². The minimum atomic E-state index is 0. The van der Waals surface area contributed by atoms with E-state index in [1.807, 2.05) is 18.2 Å². The average Bonchev–Trinajstić information content (AvgIpc) is 3.27. The van der Waals surface area contributed by atoms with E-state index < -0.39 is 0 Å². The minimum Gasteiger partial charge on any atom is -0.497 e. The highest BCUT2D eigenvalue weighted by Crippen LogP contribution is 2.49. The second-order valence-electron chi connectivity index (χ2n) is 5.35. The second kappa shape index (κ2) is 5.26. The van der Waals surface area contributed by atoms with Crippen LogP contribution in [0.5, 0.6) is 5.75 Å². The Hall–Kier alpha value is -2.26. The van der Waals surface area contributed by atoms with Crippen molar-refractivity contribution in [1.82, 2.24) is 6.15 Å². The van der Waals surface area contributed by atoms with E-state index in [1.165, 1.54) is 23.8 Å². The molecule has 0 radical (unpaired) electrons. The Morgan fingerprint density at radius 3 is 2.48 bits per heavy atom. The van der Waals surface area contributed by atoms with Crippen molar-refractivity contribution in [3.8, 4) is 17.1 Å². The fourth-order valence-corrected chi connectivity index (χ4v) is 2.80. The average molecular weight is 281 g/mol. The van der Waals surface area contributed by atoms with E-state index in [-0.39, 0.29) is 6.15 Å². The first-order valence-electron chi connectivity index (χ1n) is 7.02. The molecular formula is C18H19NO2. The Kier molecular flexibility index (Phi) is 3.43. The number of benzene rings is 2. The monoisotopic (exact) mass is 281 g/mol. The number of hydrogen-bond donors (Lipinski definition) is 1. The van der Waals surface area contributed by atoms with E-state index in [2.05, 4.69) is 30.3 Å². The number of fused-ring (bicyclic) bond motifs is 1. The summed E-state index contributed by atoms with van der Waals surface area (Å²) < 4.78 is 11.5. The van der Waals surface area contributed by atoms with Crippen LogP contribution in [0, 0.1) is 0 Å². The fraction of sp³-hybridized carbons (Fsp3) is 0.222. The molecule has 21 heavy (non-hydrogen) atoms. The third kappa shape index (κ3) is 2.30. The highest BCUT2D eigenvalue weighted by atomic mass is 16.5. The van der Waals surface area contributed by atoms with E-state index in [4.69, 9.17) is 9.15 Å². The van der Waals surface area contributed by atoms with Gasteiger partial charge in [-0.25, -0.2) is 0 Å². The molecule has 1 aliphatic rings. The molecule has 0 saturated heterocycles. The molecule has 1 saturated carbocycles. The first kappa shape index (κ1) is 13.7. The van der Waals surface area contributed by atoms with Gasteiger partial charge in [0.15, 0.2) is 0 Å². The van der Waals surface area contributed by atoms with Gasteiger partial charge in [0, 0.05) is 16.5 Å². The fourth-order valence-electron chi connectivity index (χ4n) is 2.80. The molecule has 1 aromatic heterocycles. The van der Waals surface area contributed by atoms with Crippen LogP contribution >= 0.6 is 0 Å². The lowest BCUT2D eigenvalue weighted by Gasteiger charge is -2.02. The molecule has 1 aliphatic carbocycles. The van der Waals surface area contributed by atoms with Gasteiger partial charge in [-0.15, -0.1) is 0 Å². The highest BCUT2D eigenvalue weighted by molar-refractivity contribution is 5.90. The quantitative estimate of drug-likeness (QED) is 0.722. The Morgan fingerprint density at radius 1 is 1.05 bits per heavy atom. The lowest BCUT2D eigenvalue weighted by molar-refractivity contribution is 0.415. The van der Waals surface area contributed by atoms with Crippen molar-refractivity contribution in [2.75, 3.05) is 7.11 Å². The summed E-state index contributed by atoms with van der Waals surface area (Å²) in [5, 5.41) is 1.20. The molecule has 4 rings (SSSR count). The van der Waals surface area contributed by atoms with E-state index in [9.17, 15) is 0 Å². The number of methoxy groups -OCH3 is 1. The van der Waals surface area contributed by atoms with Gasteiger partial charge >= 0.3 is 0 Å². The Bertz CT molecular complexity index is 757. The largest absolute Gasteiger partial charge is 0.497 e. The van der Waals surface area contributed by atoms with E-state index in [0.717, 1.165) is 22.7 Å². The number of ether oxygens (including phenoxy) is 1. The van der Waals surface area contributed by atoms with Crippen LogP contribution in [0.3, 0.4) is 0 Å². The summed E-state index contributed by atoms with van der Waals surface area (Å²) in [6.45, 7) is 0. The molecule has 1 heterocycles. The van der Waals surface area contributed by atoms with Crippen molar-refractivity contribution in [3.05, 3.63) is 54.1 Å². The van der Waals surface area contributed by atoms with Gasteiger partial charge in [-0.3, -0.25) is 0 Å². The normalized spacial score (nSPS) is 14.0. The lowest BCUT2D eigenvalue weighted by Crippen LogP contribution is -1.84. The van der Waals surface area contributed by atoms with E-state index in [0.29, 0.717) is 5.92 Å². The van der Waals surface area contributed by atoms with Crippen LogP contribution in [0.15, 0.2) is 52.9 Å². The summed E-state index contributed by atoms with van der Waals surface area (Å²) in [5.74, 6) is 2.55. The van der Waals surface area contributed by atoms with Gasteiger partial charge in [-0.1, -0.05) is 30.3 Å². The maximum atomic E-state index is 6.13. The molecule has 3 nitrogen and oxygen atoms in total. The summed E-state index contributed by atoms with van der Waals surface area (Å²) in [4.78, 5) is 0. The second-order valence-corrected chi connectivity index (χ2v) is 5.35. The minimum absolute atomic E-state index is 0. The molecular weight excluding hydrogens is 262 g/mol. The molecule has 0 unspecified atom stereocenters. The Labute approximate surface area is 124 Å². The van der Waals surface area contributed by atoms with E-state index >= 15 is 0 Å². The number of furan rings is 1. The molecule has 2 aromatic carbocycles. The van der Waals surface area contributed by atoms with Crippen LogP contribution < -0.4 is 10.9 Å². The van der Waals surface area contributed by atoms with Gasteiger partial charge in [-0.05, 0) is 37.0 Å². The standard InChI is InChI=1S/C18H16O2.H3N/c1-19-14-9-10-16-15(11-14)17(12-7-8-12)18(20-16)13-5-3-2-4-6-13;/h2-6,9-12H,7-8H2,1H3;1H3. The van der Waals surface area contributed by atoms with Crippen LogP contribution in [0.25, 0.3) is 22.3 Å². The summed E-state index contributed by atoms with van der Waals surface area (Å²) in [6.07, 6.45) is 2.51. The molecule has 0 atom stereocenters. The zero-order valence-corrected chi connectivity index (χ0v) is 12.1. The lowest BCUT2D eigenvalue weighted by atomic mass is 10.0. The maximum Gasteiger partial charge on any atom is 0.138 e. The summed E-state index contributed by atoms with van der Waals surface area (Å²) in [7, 11) is 1.70. The number of hydrogen-bond acceptors (Lipinski definition) is 3. The van der Waals surface area contributed by atoms with Crippen LogP contribution in [-0.2, 0) is 0 Å². The first-order chi connectivity index (χ1) is 9.86. The molecule has 0 spiro atoms. The van der Waals surface area contributed by atoms with Crippen LogP contribution in [-0.4, -0.2) is 7.11 Å². The molecule has 3 aromatic rings. The van der Waals surface area contributed by atoms with Crippen molar-refractivity contribution in [2.24, 2.45) is 0 Å². The zero-order valence-electron chi connectivity index (χ0n) is 12.1. The van der Waals surface area contributed by atoms with Gasteiger partial charge in [0.2, 0.25) is 0 Å². The summed E-state index contributed by atoms with van der Waals surface area (Å²) in [5.41, 5.74) is 3.46. The topological polar surface area (TPSA) is 57.4 Å². The highest BCUT2D eigenvalue weighted by Gasteiger charge is 2.31. The third-order valence-electron chi connectivity index (χ3n) is 3.96. The van der Waals surface area contributed by atoms with Crippen LogP contribution in [0.1, 0.15) is 24.3 Å². The molecule has 3 heteroatoms. The van der Waals surface area contributed by atoms with Gasteiger partial charge in [0.25, 0.3) is 0 Å². The summed E-state index contributed by atoms with van der Waals surface area (Å²) >= 11 is 0. The smallest absolute Gasteiger partial charge is 0.138 e. The number of rotatable bonds is 3. The van der Waals surface area contributed by atoms with Crippen molar-refractivity contribution < 1.29 is 9.15 Å². The molecule has 0 amide bonds. The third-order valence-corrected chi connectivity index (χ3v) is 3.96. The predicted octanol–water partition coefficient (Wildman–Crippen LogP) is 5.15. The SMILES string of the molecule is COc1ccc2oc(-c3ccccc3)c(C3CC3)c2c1.N. The predicted molar refractivity (Wildman–Crippen MR) is 85.2 cm³/mol. The van der Waals surface area contributed by atoms with Crippen LogP contribution in [0.2, 0.25) is 0 Å². The van der Waals surface area contributed by atoms with Crippen molar-refractivity contribution in [1.29, 1.82) is 0 Å². The molecule has 3 N–H and O–H groups in total. The van der Waals surface area contributed by atoms with Gasteiger partial charge in [-0.2, -0.15) is 0 Å². The molecule has 0 aliphatic heterocycles. The van der Waals surface area contributed by atoms with Crippen molar-refractivity contribution >= 4 is 11.0 Å². The van der Waals surface area contributed by atoms with Crippen molar-refractivity contribution in [2.45, 2.75) is 18.8 Å². The van der Waals surface area contributed by atoms with Crippen LogP contribution in [0.4, 0.5) is 0 Å². The molecule has 0 bridgehead atoms. The summed E-state index contributed by atoms with van der Waals surface area (Å²) in [6, 6.07) is 16.4. The van der Waals surface area contributed by atoms with Gasteiger partial charge < -0.3 is 15.3 Å². The Balaban J connectivity index is 0.00000132. The van der Waals surface area contributed by atoms with Crippen molar-refractivity contribution in [3.63, 3.8) is 0 Å².